The molecule has 3 aliphatic heterocycles. The zero-order valence-electron chi connectivity index (χ0n) is 11.2. The second kappa shape index (κ2) is 4.95. The zero-order valence-corrected chi connectivity index (χ0v) is 11.2. The molecule has 0 saturated carbocycles. The molecule has 3 nitrogen and oxygen atoms in total. The van der Waals surface area contributed by atoms with Gasteiger partial charge in [0, 0.05) is 25.7 Å². The molecule has 3 heteroatoms. The van der Waals surface area contributed by atoms with E-state index < -0.39 is 5.79 Å². The minimum absolute atomic E-state index is 0.150. The molecule has 2 spiro atoms. The van der Waals surface area contributed by atoms with E-state index in [9.17, 15) is 0 Å². The molecule has 3 aliphatic rings. The summed E-state index contributed by atoms with van der Waals surface area (Å²) in [6.45, 7) is 4.69. The number of rotatable bonds is 1. The van der Waals surface area contributed by atoms with Crippen LogP contribution in [0, 0.1) is 0 Å². The van der Waals surface area contributed by atoms with E-state index in [4.69, 9.17) is 14.2 Å². The van der Waals surface area contributed by atoms with Gasteiger partial charge in [0.25, 0.3) is 0 Å². The third-order valence-electron chi connectivity index (χ3n) is 4.48. The molecule has 0 aromatic heterocycles. The molecular weight excluding hydrogens is 228 g/mol. The number of ether oxygens (including phenoxy) is 3. The van der Waals surface area contributed by atoms with Crippen LogP contribution in [0.4, 0.5) is 0 Å². The summed E-state index contributed by atoms with van der Waals surface area (Å²) >= 11 is 0. The van der Waals surface area contributed by atoms with Crippen molar-refractivity contribution < 1.29 is 14.2 Å². The topological polar surface area (TPSA) is 27.7 Å². The van der Waals surface area contributed by atoms with Crippen molar-refractivity contribution in [3.63, 3.8) is 0 Å². The molecule has 0 aromatic rings. The normalized spacial score (nSPS) is 45.2. The van der Waals surface area contributed by atoms with E-state index in [2.05, 4.69) is 6.58 Å². The molecule has 18 heavy (non-hydrogen) atoms. The van der Waals surface area contributed by atoms with Gasteiger partial charge in [-0.25, -0.2) is 0 Å². The summed E-state index contributed by atoms with van der Waals surface area (Å²) in [6, 6.07) is 0. The lowest BCUT2D eigenvalue weighted by Crippen LogP contribution is -2.55. The largest absolute Gasteiger partial charge is 0.350 e. The molecule has 0 N–H and O–H groups in total. The van der Waals surface area contributed by atoms with Crippen LogP contribution in [0.25, 0.3) is 0 Å². The Kier molecular flexibility index (Phi) is 3.48. The lowest BCUT2D eigenvalue weighted by molar-refractivity contribution is -0.402. The summed E-state index contributed by atoms with van der Waals surface area (Å²) in [5.74, 6) is -0.744. The summed E-state index contributed by atoms with van der Waals surface area (Å²) in [4.78, 5) is 0. The average Bonchev–Trinajstić information content (AvgIpc) is 2.39. The van der Waals surface area contributed by atoms with Crippen LogP contribution in [0.3, 0.4) is 0 Å². The van der Waals surface area contributed by atoms with Crippen LogP contribution in [0.15, 0.2) is 12.7 Å². The highest BCUT2D eigenvalue weighted by Gasteiger charge is 2.49. The highest BCUT2D eigenvalue weighted by atomic mass is 16.8. The van der Waals surface area contributed by atoms with E-state index in [1.165, 1.54) is 6.42 Å². The standard InChI is InChI=1S/C15H24O3/c1-2-13-7-5-9-15(17-13)11-6-10-14(18-15)8-3-4-12-16-14/h2,13H,1,3-12H2/t13-,14?,15+/m0/s1. The minimum atomic E-state index is -0.396. The molecule has 3 atom stereocenters. The van der Waals surface area contributed by atoms with E-state index in [1.807, 2.05) is 6.08 Å². The van der Waals surface area contributed by atoms with Gasteiger partial charge in [-0.3, -0.25) is 0 Å². The van der Waals surface area contributed by atoms with Gasteiger partial charge in [-0.05, 0) is 32.1 Å². The third-order valence-corrected chi connectivity index (χ3v) is 4.48. The highest BCUT2D eigenvalue weighted by molar-refractivity contribution is 4.92. The van der Waals surface area contributed by atoms with Crippen molar-refractivity contribution >= 4 is 0 Å². The van der Waals surface area contributed by atoms with Gasteiger partial charge in [-0.1, -0.05) is 6.08 Å². The number of hydrogen-bond acceptors (Lipinski definition) is 3. The molecule has 0 aliphatic carbocycles. The average molecular weight is 252 g/mol. The fourth-order valence-electron chi connectivity index (χ4n) is 3.56. The maximum absolute atomic E-state index is 6.38. The molecule has 0 bridgehead atoms. The van der Waals surface area contributed by atoms with Crippen molar-refractivity contribution in [2.75, 3.05) is 6.61 Å². The van der Waals surface area contributed by atoms with Gasteiger partial charge in [-0.2, -0.15) is 0 Å². The molecule has 0 aromatic carbocycles. The van der Waals surface area contributed by atoms with E-state index in [0.717, 1.165) is 58.0 Å². The van der Waals surface area contributed by atoms with E-state index >= 15 is 0 Å². The predicted octanol–water partition coefficient (Wildman–Crippen LogP) is 3.54. The van der Waals surface area contributed by atoms with Crippen molar-refractivity contribution in [3.8, 4) is 0 Å². The smallest absolute Gasteiger partial charge is 0.172 e. The second-order valence-electron chi connectivity index (χ2n) is 5.87. The maximum atomic E-state index is 6.38. The van der Waals surface area contributed by atoms with Gasteiger partial charge in [0.1, 0.15) is 0 Å². The van der Waals surface area contributed by atoms with Gasteiger partial charge in [0.15, 0.2) is 11.6 Å². The van der Waals surface area contributed by atoms with Crippen LogP contribution in [-0.4, -0.2) is 24.3 Å². The molecule has 0 radical (unpaired) electrons. The fourth-order valence-corrected chi connectivity index (χ4v) is 3.56. The Morgan fingerprint density at radius 2 is 1.72 bits per heavy atom. The Hall–Kier alpha value is -0.380. The first-order valence-electron chi connectivity index (χ1n) is 7.40. The molecule has 3 rings (SSSR count). The summed E-state index contributed by atoms with van der Waals surface area (Å²) in [7, 11) is 0. The van der Waals surface area contributed by atoms with Gasteiger partial charge in [0.2, 0.25) is 0 Å². The van der Waals surface area contributed by atoms with Crippen LogP contribution in [0.2, 0.25) is 0 Å². The first-order valence-corrected chi connectivity index (χ1v) is 7.40. The predicted molar refractivity (Wildman–Crippen MR) is 69.1 cm³/mol. The van der Waals surface area contributed by atoms with Gasteiger partial charge in [0.05, 0.1) is 12.7 Å². The van der Waals surface area contributed by atoms with E-state index in [0.29, 0.717) is 0 Å². The number of hydrogen-bond donors (Lipinski definition) is 0. The summed E-state index contributed by atoms with van der Waals surface area (Å²) < 4.78 is 18.5. The van der Waals surface area contributed by atoms with Crippen LogP contribution >= 0.6 is 0 Å². The Labute approximate surface area is 109 Å². The first kappa shape index (κ1) is 12.6. The molecule has 1 unspecified atom stereocenters. The van der Waals surface area contributed by atoms with Crippen molar-refractivity contribution in [3.05, 3.63) is 12.7 Å². The van der Waals surface area contributed by atoms with Gasteiger partial charge >= 0.3 is 0 Å². The Morgan fingerprint density at radius 1 is 0.944 bits per heavy atom. The Morgan fingerprint density at radius 3 is 2.50 bits per heavy atom. The van der Waals surface area contributed by atoms with E-state index in [1.54, 1.807) is 0 Å². The summed E-state index contributed by atoms with van der Waals surface area (Å²) in [5, 5.41) is 0. The molecule has 3 saturated heterocycles. The van der Waals surface area contributed by atoms with Crippen LogP contribution in [0.1, 0.15) is 57.8 Å². The lowest BCUT2D eigenvalue weighted by Gasteiger charge is -2.51. The van der Waals surface area contributed by atoms with Crippen molar-refractivity contribution in [1.82, 2.24) is 0 Å². The highest BCUT2D eigenvalue weighted by Crippen LogP contribution is 2.46. The maximum Gasteiger partial charge on any atom is 0.172 e. The fraction of sp³-hybridized carbons (Fsp3) is 0.867. The van der Waals surface area contributed by atoms with Crippen LogP contribution in [0.5, 0.6) is 0 Å². The first-order chi connectivity index (χ1) is 8.76. The third kappa shape index (κ3) is 2.36. The Bertz CT molecular complexity index is 299. The van der Waals surface area contributed by atoms with Gasteiger partial charge < -0.3 is 14.2 Å². The Balaban J connectivity index is 1.73. The molecule has 3 fully saturated rings. The monoisotopic (exact) mass is 252 g/mol. The quantitative estimate of drug-likeness (QED) is 0.668. The molecular formula is C15H24O3. The zero-order chi connectivity index (χ0) is 12.5. The molecule has 102 valence electrons. The van der Waals surface area contributed by atoms with Crippen molar-refractivity contribution in [2.24, 2.45) is 0 Å². The van der Waals surface area contributed by atoms with Crippen molar-refractivity contribution in [1.29, 1.82) is 0 Å². The minimum Gasteiger partial charge on any atom is -0.350 e. The van der Waals surface area contributed by atoms with Gasteiger partial charge in [-0.15, -0.1) is 6.58 Å². The molecule has 3 heterocycles. The van der Waals surface area contributed by atoms with E-state index in [-0.39, 0.29) is 11.9 Å². The van der Waals surface area contributed by atoms with Crippen molar-refractivity contribution in [2.45, 2.75) is 75.5 Å². The summed E-state index contributed by atoms with van der Waals surface area (Å²) in [6.07, 6.45) is 11.9. The SMILES string of the molecule is C=C[C@H]1CCC[C@@]2(CCCC3(CCCCO3)O2)O1. The van der Waals surface area contributed by atoms with Crippen LogP contribution < -0.4 is 0 Å². The lowest BCUT2D eigenvalue weighted by atomic mass is 9.89. The second-order valence-corrected chi connectivity index (χ2v) is 5.87. The molecule has 0 amide bonds. The van der Waals surface area contributed by atoms with Crippen LogP contribution in [-0.2, 0) is 14.2 Å². The summed E-state index contributed by atoms with van der Waals surface area (Å²) in [5.41, 5.74) is 0.